The molecular formula is C13H16N3O4P. The molecule has 21 heavy (non-hydrogen) atoms. The van der Waals surface area contributed by atoms with Gasteiger partial charge in [-0.3, -0.25) is 4.90 Å². The number of ether oxygens (including phenoxy) is 1. The highest BCUT2D eigenvalue weighted by Gasteiger charge is 2.31. The van der Waals surface area contributed by atoms with Gasteiger partial charge in [-0.15, -0.1) is 0 Å². The van der Waals surface area contributed by atoms with Gasteiger partial charge in [0, 0.05) is 26.3 Å². The van der Waals surface area contributed by atoms with Crippen molar-refractivity contribution in [3.8, 4) is 0 Å². The number of amides is 1. The summed E-state index contributed by atoms with van der Waals surface area (Å²) in [6.07, 6.45) is 1.54. The van der Waals surface area contributed by atoms with Gasteiger partial charge in [0.2, 0.25) is 0 Å². The first kappa shape index (κ1) is 14.1. The number of benzene rings is 1. The zero-order chi connectivity index (χ0) is 14.7. The minimum atomic E-state index is -0.362. The number of oxime groups is 1. The maximum atomic E-state index is 11.8. The van der Waals surface area contributed by atoms with Gasteiger partial charge >= 0.3 is 6.09 Å². The van der Waals surface area contributed by atoms with Crippen molar-refractivity contribution < 1.29 is 19.3 Å². The molecular weight excluding hydrogens is 293 g/mol. The maximum absolute atomic E-state index is 11.8. The minimum Gasteiger partial charge on any atom is -0.443 e. The number of hydrogen-bond donors (Lipinski definition) is 1. The summed E-state index contributed by atoms with van der Waals surface area (Å²) in [5, 5.41) is 3.77. The molecule has 1 fully saturated rings. The first-order chi connectivity index (χ1) is 10.3. The standard InChI is InChI=1S/C13H16N3O4P/c17-13-16(7-12(20-13)8-21-18)11-3-1-10(2-4-11)15-5-6-19-14-9-15/h1-4,9,12,18,21H,5-8H2/t12-/m1/s1. The number of carbonyl (C=O) groups is 1. The Kier molecular flexibility index (Phi) is 4.22. The normalized spacial score (nSPS) is 22.0. The van der Waals surface area contributed by atoms with Crippen LogP contribution in [0.15, 0.2) is 29.4 Å². The van der Waals surface area contributed by atoms with Crippen LogP contribution in [-0.4, -0.2) is 49.3 Å². The van der Waals surface area contributed by atoms with Crippen LogP contribution in [0.25, 0.3) is 0 Å². The molecule has 0 aliphatic carbocycles. The van der Waals surface area contributed by atoms with Gasteiger partial charge in [0.15, 0.2) is 0 Å². The molecule has 0 spiro atoms. The monoisotopic (exact) mass is 309 g/mol. The quantitative estimate of drug-likeness (QED) is 0.851. The van der Waals surface area contributed by atoms with E-state index in [9.17, 15) is 4.79 Å². The van der Waals surface area contributed by atoms with Crippen LogP contribution in [0.5, 0.6) is 0 Å². The highest BCUT2D eigenvalue weighted by atomic mass is 31.1. The highest BCUT2D eigenvalue weighted by molar-refractivity contribution is 7.31. The van der Waals surface area contributed by atoms with Crippen LogP contribution in [0.1, 0.15) is 0 Å². The fraction of sp³-hybridized carbons (Fsp3) is 0.385. The Morgan fingerprint density at radius 3 is 2.76 bits per heavy atom. The minimum absolute atomic E-state index is 0.208. The molecule has 1 N–H and O–H groups in total. The van der Waals surface area contributed by atoms with Gasteiger partial charge in [-0.25, -0.2) is 4.79 Å². The smallest absolute Gasteiger partial charge is 0.414 e. The molecule has 0 aromatic heterocycles. The second kappa shape index (κ2) is 6.28. The van der Waals surface area contributed by atoms with Crippen LogP contribution in [0.4, 0.5) is 16.2 Å². The number of hydrogen-bond acceptors (Lipinski definition) is 6. The molecule has 2 heterocycles. The fourth-order valence-corrected chi connectivity index (χ4v) is 2.72. The van der Waals surface area contributed by atoms with Crippen LogP contribution < -0.4 is 9.80 Å². The number of carbonyl (C=O) groups excluding carboxylic acids is 1. The summed E-state index contributed by atoms with van der Waals surface area (Å²) in [6.45, 7) is 1.78. The van der Waals surface area contributed by atoms with E-state index in [-0.39, 0.29) is 21.0 Å². The summed E-state index contributed by atoms with van der Waals surface area (Å²) in [5.74, 6) is 0. The Hall–Kier alpha value is -1.85. The molecule has 0 saturated carbocycles. The number of nitrogens with zero attached hydrogens (tertiary/aromatic N) is 3. The van der Waals surface area contributed by atoms with E-state index < -0.39 is 0 Å². The fourth-order valence-electron chi connectivity index (χ4n) is 2.30. The zero-order valence-corrected chi connectivity index (χ0v) is 12.3. The number of rotatable bonds is 4. The van der Waals surface area contributed by atoms with Crippen molar-refractivity contribution in [2.24, 2.45) is 5.16 Å². The van der Waals surface area contributed by atoms with Gasteiger partial charge in [0.25, 0.3) is 0 Å². The number of cyclic esters (lactones) is 1. The lowest BCUT2D eigenvalue weighted by molar-refractivity contribution is 0.145. The summed E-state index contributed by atoms with van der Waals surface area (Å²) in [7, 11) is -0.208. The van der Waals surface area contributed by atoms with E-state index in [0.29, 0.717) is 19.3 Å². The van der Waals surface area contributed by atoms with Crippen molar-refractivity contribution in [1.82, 2.24) is 0 Å². The first-order valence-electron chi connectivity index (χ1n) is 6.65. The van der Waals surface area contributed by atoms with Crippen LogP contribution >= 0.6 is 8.81 Å². The van der Waals surface area contributed by atoms with Crippen molar-refractivity contribution in [1.29, 1.82) is 0 Å². The summed E-state index contributed by atoms with van der Waals surface area (Å²) in [6, 6.07) is 7.62. The molecule has 0 radical (unpaired) electrons. The van der Waals surface area contributed by atoms with E-state index in [1.807, 2.05) is 29.2 Å². The molecule has 3 rings (SSSR count). The molecule has 2 aliphatic rings. The van der Waals surface area contributed by atoms with Crippen molar-refractivity contribution in [2.45, 2.75) is 6.10 Å². The summed E-state index contributed by atoms with van der Waals surface area (Å²) in [4.78, 5) is 29.2. The van der Waals surface area contributed by atoms with Crippen molar-refractivity contribution in [3.05, 3.63) is 24.3 Å². The van der Waals surface area contributed by atoms with Gasteiger partial charge in [-0.1, -0.05) is 5.16 Å². The predicted molar refractivity (Wildman–Crippen MR) is 81.2 cm³/mol. The first-order valence-corrected chi connectivity index (χ1v) is 7.80. The van der Waals surface area contributed by atoms with E-state index in [2.05, 4.69) is 5.16 Å². The summed E-state index contributed by atoms with van der Waals surface area (Å²) >= 11 is 0. The second-order valence-electron chi connectivity index (χ2n) is 4.74. The molecule has 1 aromatic rings. The zero-order valence-electron chi connectivity index (χ0n) is 11.3. The summed E-state index contributed by atoms with van der Waals surface area (Å²) in [5.41, 5.74) is 1.78. The van der Waals surface area contributed by atoms with Gasteiger partial charge in [0.1, 0.15) is 19.0 Å². The maximum Gasteiger partial charge on any atom is 0.414 e. The predicted octanol–water partition coefficient (Wildman–Crippen LogP) is 1.38. The van der Waals surface area contributed by atoms with E-state index in [1.54, 1.807) is 11.2 Å². The lowest BCUT2D eigenvalue weighted by atomic mass is 10.2. The largest absolute Gasteiger partial charge is 0.443 e. The van der Waals surface area contributed by atoms with Crippen molar-refractivity contribution in [2.75, 3.05) is 35.7 Å². The van der Waals surface area contributed by atoms with Crippen LogP contribution in [0.3, 0.4) is 0 Å². The molecule has 112 valence electrons. The highest BCUT2D eigenvalue weighted by Crippen LogP contribution is 2.26. The van der Waals surface area contributed by atoms with Crippen LogP contribution in [0.2, 0.25) is 0 Å². The molecule has 2 aliphatic heterocycles. The Labute approximate surface area is 124 Å². The average molecular weight is 309 g/mol. The Bertz CT molecular complexity index is 537. The van der Waals surface area contributed by atoms with Gasteiger partial charge < -0.3 is 19.4 Å². The average Bonchev–Trinajstić information content (AvgIpc) is 2.89. The lowest BCUT2D eigenvalue weighted by Gasteiger charge is -2.22. The third-order valence-electron chi connectivity index (χ3n) is 3.37. The Balaban J connectivity index is 1.70. The molecule has 1 unspecified atom stereocenters. The van der Waals surface area contributed by atoms with Crippen LogP contribution in [0, 0.1) is 0 Å². The molecule has 0 bridgehead atoms. The van der Waals surface area contributed by atoms with Gasteiger partial charge in [0.05, 0.1) is 13.1 Å². The molecule has 1 amide bonds. The van der Waals surface area contributed by atoms with Gasteiger partial charge in [-0.2, -0.15) is 0 Å². The van der Waals surface area contributed by atoms with Crippen molar-refractivity contribution >= 4 is 32.6 Å². The molecule has 1 saturated heterocycles. The number of anilines is 2. The van der Waals surface area contributed by atoms with E-state index in [4.69, 9.17) is 14.5 Å². The molecule has 7 nitrogen and oxygen atoms in total. The lowest BCUT2D eigenvalue weighted by Crippen LogP contribution is -2.29. The van der Waals surface area contributed by atoms with E-state index in [0.717, 1.165) is 17.9 Å². The summed E-state index contributed by atoms with van der Waals surface area (Å²) < 4.78 is 5.20. The third-order valence-corrected chi connectivity index (χ3v) is 4.01. The van der Waals surface area contributed by atoms with E-state index >= 15 is 0 Å². The van der Waals surface area contributed by atoms with Crippen LogP contribution in [-0.2, 0) is 9.57 Å². The van der Waals surface area contributed by atoms with Crippen molar-refractivity contribution in [3.63, 3.8) is 0 Å². The second-order valence-corrected chi connectivity index (χ2v) is 5.47. The SMILES string of the molecule is O=C1O[C@@H](CPO)CN1c1ccc(N2C=NOCC2)cc1. The van der Waals surface area contributed by atoms with E-state index in [1.165, 1.54) is 0 Å². The molecule has 8 heteroatoms. The topological polar surface area (TPSA) is 74.6 Å². The Morgan fingerprint density at radius 1 is 1.33 bits per heavy atom. The Morgan fingerprint density at radius 2 is 2.10 bits per heavy atom. The molecule has 1 aromatic carbocycles. The van der Waals surface area contributed by atoms with Gasteiger partial charge in [-0.05, 0) is 24.3 Å². The molecule has 2 atom stereocenters. The third kappa shape index (κ3) is 3.09.